The lowest BCUT2D eigenvalue weighted by atomic mass is 9.74. The molecule has 0 bridgehead atoms. The lowest BCUT2D eigenvalue weighted by Crippen LogP contribution is -2.55. The van der Waals surface area contributed by atoms with Crippen LogP contribution in [0.3, 0.4) is 0 Å². The summed E-state index contributed by atoms with van der Waals surface area (Å²) >= 11 is 12.5. The van der Waals surface area contributed by atoms with Crippen LogP contribution in [0.5, 0.6) is 23.0 Å². The Hall–Kier alpha value is -4.21. The lowest BCUT2D eigenvalue weighted by Gasteiger charge is -2.35. The van der Waals surface area contributed by atoms with Crippen LogP contribution in [0.4, 0.5) is 5.69 Å². The van der Waals surface area contributed by atoms with Crippen LogP contribution in [0.2, 0.25) is 10.0 Å². The molecule has 2 heterocycles. The first-order chi connectivity index (χ1) is 19.2. The Kier molecular flexibility index (Phi) is 6.16. The molecular weight excluding hydrogens is 559 g/mol. The van der Waals surface area contributed by atoms with E-state index in [4.69, 9.17) is 41.8 Å². The number of anilines is 1. The Labute approximate surface area is 238 Å². The second-order valence-corrected chi connectivity index (χ2v) is 10.4. The summed E-state index contributed by atoms with van der Waals surface area (Å²) in [4.78, 5) is 31.6. The summed E-state index contributed by atoms with van der Waals surface area (Å²) in [5, 5.41) is 14.5. The van der Waals surface area contributed by atoms with Crippen LogP contribution in [0.15, 0.2) is 58.7 Å². The van der Waals surface area contributed by atoms with Crippen molar-refractivity contribution in [3.8, 4) is 34.5 Å². The minimum Gasteiger partial charge on any atom is -0.507 e. The molecule has 4 aromatic rings. The maximum absolute atomic E-state index is 13.7. The highest BCUT2D eigenvalue weighted by Gasteiger charge is 2.60. The Balaban J connectivity index is 1.28. The van der Waals surface area contributed by atoms with Crippen molar-refractivity contribution in [3.63, 3.8) is 0 Å². The molecule has 0 saturated heterocycles. The average Bonchev–Trinajstić information content (AvgIpc) is 3.47. The first-order valence-corrected chi connectivity index (χ1v) is 13.0. The number of oxazole rings is 1. The topological polar surface area (TPSA) is 120 Å². The van der Waals surface area contributed by atoms with Crippen molar-refractivity contribution in [2.45, 2.75) is 18.9 Å². The van der Waals surface area contributed by atoms with Crippen LogP contribution in [-0.2, 0) is 4.79 Å². The van der Waals surface area contributed by atoms with Crippen molar-refractivity contribution in [3.05, 3.63) is 69.8 Å². The van der Waals surface area contributed by atoms with E-state index in [1.165, 1.54) is 32.4 Å². The number of allylic oxidation sites excluding steroid dienone is 1. The van der Waals surface area contributed by atoms with Gasteiger partial charge >= 0.3 is 0 Å². The fraction of sp³-hybridized carbons (Fsp3) is 0.207. The van der Waals surface area contributed by atoms with Crippen molar-refractivity contribution < 1.29 is 33.3 Å². The van der Waals surface area contributed by atoms with E-state index in [1.807, 2.05) is 0 Å². The van der Waals surface area contributed by atoms with E-state index >= 15 is 0 Å². The molecule has 0 saturated carbocycles. The van der Waals surface area contributed by atoms with Gasteiger partial charge in [0.1, 0.15) is 33.4 Å². The Morgan fingerprint density at radius 2 is 1.85 bits per heavy atom. The Bertz CT molecular complexity index is 1760. The van der Waals surface area contributed by atoms with E-state index in [1.54, 1.807) is 37.3 Å². The number of hydrogen-bond acceptors (Lipinski definition) is 9. The van der Waals surface area contributed by atoms with Crippen molar-refractivity contribution in [1.82, 2.24) is 4.98 Å². The monoisotopic (exact) mass is 580 g/mol. The summed E-state index contributed by atoms with van der Waals surface area (Å²) in [6, 6.07) is 11.5. The quantitative estimate of drug-likeness (QED) is 0.257. The molecule has 3 aromatic carbocycles. The van der Waals surface area contributed by atoms with Crippen LogP contribution in [-0.4, -0.2) is 41.5 Å². The van der Waals surface area contributed by atoms with Gasteiger partial charge in [-0.1, -0.05) is 30.1 Å². The van der Waals surface area contributed by atoms with Gasteiger partial charge in [0.25, 0.3) is 0 Å². The summed E-state index contributed by atoms with van der Waals surface area (Å²) in [6.45, 7) is 1.76. The van der Waals surface area contributed by atoms with Gasteiger partial charge in [-0.15, -0.1) is 0 Å². The Morgan fingerprint density at radius 3 is 2.55 bits per heavy atom. The third-order valence-electron chi connectivity index (χ3n) is 7.19. The second-order valence-electron chi connectivity index (χ2n) is 9.59. The minimum absolute atomic E-state index is 0.0647. The molecular formula is C29H22Cl2N2O7. The molecule has 1 spiro atoms. The zero-order valence-electron chi connectivity index (χ0n) is 21.5. The summed E-state index contributed by atoms with van der Waals surface area (Å²) in [5.74, 6) is -0.893. The number of aromatic hydroxyl groups is 1. The number of nitrogens with one attached hydrogen (secondary N) is 1. The van der Waals surface area contributed by atoms with E-state index in [-0.39, 0.29) is 39.5 Å². The fourth-order valence-corrected chi connectivity index (χ4v) is 5.64. The van der Waals surface area contributed by atoms with Gasteiger partial charge in [-0.2, -0.15) is 0 Å². The van der Waals surface area contributed by atoms with Crippen LogP contribution < -0.4 is 19.5 Å². The first kappa shape index (κ1) is 26.0. The molecule has 1 aliphatic carbocycles. The van der Waals surface area contributed by atoms with Crippen LogP contribution >= 0.6 is 23.2 Å². The highest BCUT2D eigenvalue weighted by Crippen LogP contribution is 2.53. The number of phenols is 1. The number of ether oxygens (including phenoxy) is 3. The molecule has 1 aliphatic heterocycles. The van der Waals surface area contributed by atoms with Crippen LogP contribution in [0.25, 0.3) is 22.6 Å². The molecule has 0 amide bonds. The number of halogens is 2. The molecule has 0 unspecified atom stereocenters. The maximum Gasteiger partial charge on any atom is 0.236 e. The first-order valence-electron chi connectivity index (χ1n) is 12.3. The summed E-state index contributed by atoms with van der Waals surface area (Å²) in [6.07, 6.45) is 1.65. The fourth-order valence-electron chi connectivity index (χ4n) is 5.21. The van der Waals surface area contributed by atoms with Crippen LogP contribution in [0, 0.1) is 5.92 Å². The molecule has 6 rings (SSSR count). The molecule has 204 valence electrons. The van der Waals surface area contributed by atoms with E-state index in [9.17, 15) is 14.7 Å². The standard InChI is InChI=1S/C29H22Cl2N2O7/c1-13-8-16(11-23(35)29(13)27(36)24-21(37-2)12-22(38-3)25(31)26(24)40-29)32-15-5-6-17(19(34)10-15)28-33-18-9-14(30)4-7-20(18)39-28/h4-7,9-13,32,34H,8H2,1-3H3/t13-,29+/m1/s1. The van der Waals surface area contributed by atoms with Gasteiger partial charge < -0.3 is 29.1 Å². The number of aromatic nitrogens is 1. The smallest absolute Gasteiger partial charge is 0.236 e. The zero-order valence-corrected chi connectivity index (χ0v) is 23.0. The Morgan fingerprint density at radius 1 is 1.07 bits per heavy atom. The van der Waals surface area contributed by atoms with Crippen LogP contribution in [0.1, 0.15) is 23.7 Å². The molecule has 2 N–H and O–H groups in total. The average molecular weight is 581 g/mol. The van der Waals surface area contributed by atoms with Gasteiger partial charge in [0.2, 0.25) is 23.1 Å². The zero-order chi connectivity index (χ0) is 28.3. The molecule has 11 heteroatoms. The van der Waals surface area contributed by atoms with Crippen molar-refractivity contribution in [1.29, 1.82) is 0 Å². The number of carbonyl (C=O) groups is 2. The predicted octanol–water partition coefficient (Wildman–Crippen LogP) is 6.44. The van der Waals surface area contributed by atoms with E-state index in [0.29, 0.717) is 39.5 Å². The highest BCUT2D eigenvalue weighted by atomic mass is 35.5. The highest BCUT2D eigenvalue weighted by molar-refractivity contribution is 6.36. The number of phenolic OH excluding ortho intramolecular Hbond substituents is 1. The number of carbonyl (C=O) groups excluding carboxylic acids is 2. The number of nitrogens with zero attached hydrogens (tertiary/aromatic N) is 1. The molecule has 40 heavy (non-hydrogen) atoms. The lowest BCUT2D eigenvalue weighted by molar-refractivity contribution is -0.129. The number of rotatable bonds is 5. The maximum atomic E-state index is 13.7. The van der Waals surface area contributed by atoms with Crippen molar-refractivity contribution in [2.75, 3.05) is 19.5 Å². The van der Waals surface area contributed by atoms with Gasteiger partial charge in [-0.25, -0.2) is 4.98 Å². The van der Waals surface area contributed by atoms with E-state index in [2.05, 4.69) is 10.3 Å². The normalized spacial score (nSPS) is 19.9. The third-order valence-corrected chi connectivity index (χ3v) is 7.79. The van der Waals surface area contributed by atoms with Gasteiger partial charge in [0.15, 0.2) is 11.3 Å². The van der Waals surface area contributed by atoms with Crippen molar-refractivity contribution in [2.24, 2.45) is 5.92 Å². The molecule has 0 fully saturated rings. The second kappa shape index (κ2) is 9.46. The number of Topliss-reactive ketones (excluding diaryl/α,β-unsaturated/α-hetero) is 1. The van der Waals surface area contributed by atoms with Crippen molar-refractivity contribution >= 4 is 51.6 Å². The number of hydrogen-bond donors (Lipinski definition) is 2. The number of methoxy groups -OCH3 is 2. The SMILES string of the molecule is COc1cc(OC)c2c(c1Cl)O[C@@]1(C(=O)C=C(Nc3ccc(-c4nc5cc(Cl)ccc5o4)c(O)c3)C[C@H]1C)C2=O. The van der Waals surface area contributed by atoms with Gasteiger partial charge in [0.05, 0.1) is 19.8 Å². The summed E-state index contributed by atoms with van der Waals surface area (Å²) in [7, 11) is 2.85. The third kappa shape index (κ3) is 3.88. The van der Waals surface area contributed by atoms with Gasteiger partial charge in [0, 0.05) is 40.5 Å². The molecule has 2 aliphatic rings. The molecule has 0 radical (unpaired) electrons. The van der Waals surface area contributed by atoms with Gasteiger partial charge in [-0.05, 0) is 36.8 Å². The predicted molar refractivity (Wildman–Crippen MR) is 149 cm³/mol. The summed E-state index contributed by atoms with van der Waals surface area (Å²) < 4.78 is 22.5. The number of ketones is 2. The number of fused-ring (bicyclic) bond motifs is 2. The van der Waals surface area contributed by atoms with E-state index < -0.39 is 23.1 Å². The van der Waals surface area contributed by atoms with E-state index in [0.717, 1.165) is 0 Å². The number of benzene rings is 3. The molecule has 9 nitrogen and oxygen atoms in total. The summed E-state index contributed by atoms with van der Waals surface area (Å²) in [5.41, 5.74) is 0.912. The molecule has 2 atom stereocenters. The minimum atomic E-state index is -1.78. The van der Waals surface area contributed by atoms with Gasteiger partial charge in [-0.3, -0.25) is 9.59 Å². The molecule has 1 aromatic heterocycles. The largest absolute Gasteiger partial charge is 0.507 e.